The van der Waals surface area contributed by atoms with E-state index in [0.717, 1.165) is 66.9 Å². The van der Waals surface area contributed by atoms with Crippen LogP contribution in [0.5, 0.6) is 5.75 Å². The molecule has 4 rings (SSSR count). The van der Waals surface area contributed by atoms with Gasteiger partial charge in [0.2, 0.25) is 0 Å². The van der Waals surface area contributed by atoms with Crippen molar-refractivity contribution in [3.8, 4) is 5.75 Å². The molecule has 2 aromatic heterocycles. The zero-order valence-corrected chi connectivity index (χ0v) is 22.2. The van der Waals surface area contributed by atoms with Crippen LogP contribution in [0.1, 0.15) is 37.3 Å². The van der Waals surface area contributed by atoms with Crippen LogP contribution in [0.4, 0.5) is 0 Å². The minimum atomic E-state index is -0.728. The molecule has 1 saturated heterocycles. The van der Waals surface area contributed by atoms with Gasteiger partial charge < -0.3 is 20.5 Å². The smallest absolute Gasteiger partial charge is 0.303 e. The van der Waals surface area contributed by atoms with Crippen molar-refractivity contribution in [2.45, 2.75) is 36.6 Å². The Morgan fingerprint density at radius 3 is 3.00 bits per heavy atom. The van der Waals surface area contributed by atoms with Crippen molar-refractivity contribution in [1.82, 2.24) is 9.88 Å². The number of thiophene rings is 1. The number of nitrogens with zero attached hydrogens (tertiary/aromatic N) is 2. The highest BCUT2D eigenvalue weighted by Crippen LogP contribution is 2.36. The molecule has 188 valence electrons. The maximum Gasteiger partial charge on any atom is 0.303 e. The molecular weight excluding hydrogens is 502 g/mol. The van der Waals surface area contributed by atoms with Gasteiger partial charge in [0.15, 0.2) is 0 Å². The highest BCUT2D eigenvalue weighted by molar-refractivity contribution is 7.99. The average molecular weight is 534 g/mol. The molecule has 9 heteroatoms. The topological polar surface area (TPSA) is 88.7 Å². The number of fused-ring (bicyclic) bond motifs is 1. The van der Waals surface area contributed by atoms with Gasteiger partial charge in [0.1, 0.15) is 5.75 Å². The number of ether oxygens (including phenoxy) is 1. The van der Waals surface area contributed by atoms with Crippen LogP contribution >= 0.6 is 34.7 Å². The zero-order valence-electron chi connectivity index (χ0n) is 19.9. The van der Waals surface area contributed by atoms with E-state index >= 15 is 0 Å². The molecule has 0 bridgehead atoms. The molecule has 1 aliphatic heterocycles. The summed E-state index contributed by atoms with van der Waals surface area (Å²) in [7, 11) is 1.63. The molecule has 0 radical (unpaired) electrons. The van der Waals surface area contributed by atoms with Gasteiger partial charge in [-0.3, -0.25) is 9.78 Å². The number of benzene rings is 1. The standard InChI is InChI=1S/C26H32ClN3O3S2/c1-33-19-3-5-24-21(13-19)26(22(27)14-29-24)23(28)4-2-17-6-8-30(15-18(17)12-25(31)32)9-11-35-20-7-10-34-16-20/h3,5,7,10,13-14,16-18,23H,2,4,6,8-9,11-12,15,28H2,1H3,(H,31,32)/t17?,18?,23-/m1/s1. The molecule has 1 fully saturated rings. The number of nitrogens with two attached hydrogens (primary N) is 1. The molecule has 0 aliphatic carbocycles. The number of pyridine rings is 1. The van der Waals surface area contributed by atoms with Crippen molar-refractivity contribution in [3.63, 3.8) is 0 Å². The number of aliphatic carboxylic acids is 1. The summed E-state index contributed by atoms with van der Waals surface area (Å²) in [5.74, 6) is 1.49. The van der Waals surface area contributed by atoms with Gasteiger partial charge in [-0.05, 0) is 72.9 Å². The van der Waals surface area contributed by atoms with Crippen molar-refractivity contribution < 1.29 is 14.6 Å². The lowest BCUT2D eigenvalue weighted by molar-refractivity contribution is -0.139. The lowest BCUT2D eigenvalue weighted by atomic mass is 9.79. The Labute approximate surface area is 219 Å². The first kappa shape index (κ1) is 26.2. The number of aromatic nitrogens is 1. The summed E-state index contributed by atoms with van der Waals surface area (Å²) < 4.78 is 5.39. The average Bonchev–Trinajstić information content (AvgIpc) is 3.36. The van der Waals surface area contributed by atoms with Crippen LogP contribution in [-0.2, 0) is 4.79 Å². The van der Waals surface area contributed by atoms with Crippen molar-refractivity contribution in [3.05, 3.63) is 51.8 Å². The highest BCUT2D eigenvalue weighted by Gasteiger charge is 2.31. The molecule has 2 unspecified atom stereocenters. The monoisotopic (exact) mass is 533 g/mol. The van der Waals surface area contributed by atoms with Gasteiger partial charge in [-0.1, -0.05) is 11.6 Å². The molecule has 0 saturated carbocycles. The first-order valence-electron chi connectivity index (χ1n) is 11.9. The molecule has 0 amide bonds. The number of methoxy groups -OCH3 is 1. The Morgan fingerprint density at radius 1 is 1.40 bits per heavy atom. The second-order valence-electron chi connectivity index (χ2n) is 9.10. The van der Waals surface area contributed by atoms with Gasteiger partial charge in [-0.25, -0.2) is 0 Å². The second kappa shape index (κ2) is 12.4. The number of hydrogen-bond acceptors (Lipinski definition) is 7. The van der Waals surface area contributed by atoms with E-state index in [1.807, 2.05) is 30.0 Å². The van der Waals surface area contributed by atoms with E-state index in [9.17, 15) is 9.90 Å². The fraction of sp³-hybridized carbons (Fsp3) is 0.462. The SMILES string of the molecule is COc1ccc2ncc(Cl)c([C@H](N)CCC3CCN(CCSc4ccsc4)CC3CC(=O)O)c2c1. The van der Waals surface area contributed by atoms with Crippen LogP contribution in [-0.4, -0.2) is 53.5 Å². The van der Waals surface area contributed by atoms with Crippen molar-refractivity contribution in [2.75, 3.05) is 32.5 Å². The predicted molar refractivity (Wildman–Crippen MR) is 145 cm³/mol. The Morgan fingerprint density at radius 2 is 2.26 bits per heavy atom. The van der Waals surface area contributed by atoms with Crippen molar-refractivity contribution in [1.29, 1.82) is 0 Å². The summed E-state index contributed by atoms with van der Waals surface area (Å²) in [6.07, 6.45) is 4.47. The molecule has 3 atom stereocenters. The molecule has 3 aromatic rings. The van der Waals surface area contributed by atoms with Gasteiger partial charge in [0.05, 0.1) is 17.6 Å². The van der Waals surface area contributed by atoms with Crippen LogP contribution in [0.15, 0.2) is 46.1 Å². The van der Waals surface area contributed by atoms with Gasteiger partial charge in [0.25, 0.3) is 0 Å². The highest BCUT2D eigenvalue weighted by atomic mass is 35.5. The number of thioether (sulfide) groups is 1. The maximum atomic E-state index is 11.6. The molecule has 35 heavy (non-hydrogen) atoms. The number of carboxylic acid groups (broad SMARTS) is 1. The number of piperidine rings is 1. The van der Waals surface area contributed by atoms with Crippen LogP contribution in [0.25, 0.3) is 10.9 Å². The Bertz CT molecular complexity index is 1130. The molecular formula is C26H32ClN3O3S2. The van der Waals surface area contributed by atoms with Crippen LogP contribution in [0.3, 0.4) is 0 Å². The van der Waals surface area contributed by atoms with Gasteiger partial charge in [-0.15, -0.1) is 11.8 Å². The Hall–Kier alpha value is -1.84. The van der Waals surface area contributed by atoms with Crippen LogP contribution in [0, 0.1) is 11.8 Å². The largest absolute Gasteiger partial charge is 0.497 e. The number of carbonyl (C=O) groups is 1. The third kappa shape index (κ3) is 6.89. The van der Waals surface area contributed by atoms with Crippen molar-refractivity contribution >= 4 is 51.6 Å². The number of likely N-dealkylation sites (tertiary alicyclic amines) is 1. The molecule has 1 aromatic carbocycles. The summed E-state index contributed by atoms with van der Waals surface area (Å²) in [4.78, 5) is 19.8. The van der Waals surface area contributed by atoms with E-state index < -0.39 is 5.97 Å². The summed E-state index contributed by atoms with van der Waals surface area (Å²) in [5, 5.41) is 15.3. The fourth-order valence-corrected chi connectivity index (χ4v) is 7.11. The minimum Gasteiger partial charge on any atom is -0.497 e. The molecule has 6 nitrogen and oxygen atoms in total. The third-order valence-electron chi connectivity index (χ3n) is 6.87. The van der Waals surface area contributed by atoms with Gasteiger partial charge in [-0.2, -0.15) is 11.3 Å². The number of carboxylic acids is 1. The van der Waals surface area contributed by atoms with Crippen molar-refractivity contribution in [2.24, 2.45) is 17.6 Å². The summed E-state index contributed by atoms with van der Waals surface area (Å²) in [5.41, 5.74) is 8.39. The Balaban J connectivity index is 1.39. The zero-order chi connectivity index (χ0) is 24.8. The molecule has 0 spiro atoms. The van der Waals surface area contributed by atoms with Crippen LogP contribution in [0.2, 0.25) is 5.02 Å². The molecule has 3 N–H and O–H groups in total. The maximum absolute atomic E-state index is 11.6. The normalized spacial score (nSPS) is 19.6. The number of hydrogen-bond donors (Lipinski definition) is 2. The quantitative estimate of drug-likeness (QED) is 0.295. The first-order chi connectivity index (χ1) is 16.9. The van der Waals surface area contributed by atoms with E-state index in [1.54, 1.807) is 24.6 Å². The molecule has 3 heterocycles. The van der Waals surface area contributed by atoms with Gasteiger partial charge >= 0.3 is 5.97 Å². The third-order valence-corrected chi connectivity index (χ3v) is 8.98. The second-order valence-corrected chi connectivity index (χ2v) is 11.5. The summed E-state index contributed by atoms with van der Waals surface area (Å²) >= 11 is 10.1. The van der Waals surface area contributed by atoms with Gasteiger partial charge in [0, 0.05) is 53.2 Å². The first-order valence-corrected chi connectivity index (χ1v) is 14.2. The molecule has 1 aliphatic rings. The fourth-order valence-electron chi connectivity index (χ4n) is 5.03. The van der Waals surface area contributed by atoms with E-state index in [4.69, 9.17) is 22.1 Å². The predicted octanol–water partition coefficient (Wildman–Crippen LogP) is 5.94. The summed E-state index contributed by atoms with van der Waals surface area (Å²) in [6, 6.07) is 7.61. The number of rotatable bonds is 11. The van der Waals surface area contributed by atoms with E-state index in [2.05, 4.69) is 26.7 Å². The van der Waals surface area contributed by atoms with E-state index in [1.165, 1.54) is 4.90 Å². The minimum absolute atomic E-state index is 0.129. The summed E-state index contributed by atoms with van der Waals surface area (Å²) in [6.45, 7) is 2.80. The van der Waals surface area contributed by atoms with E-state index in [0.29, 0.717) is 10.9 Å². The lowest BCUT2D eigenvalue weighted by Gasteiger charge is -2.38. The van der Waals surface area contributed by atoms with E-state index in [-0.39, 0.29) is 18.4 Å². The lowest BCUT2D eigenvalue weighted by Crippen LogP contribution is -2.42. The van der Waals surface area contributed by atoms with Crippen LogP contribution < -0.4 is 10.5 Å². The Kier molecular flexibility index (Phi) is 9.30. The number of halogens is 1.